The zero-order chi connectivity index (χ0) is 31.6. The summed E-state index contributed by atoms with van der Waals surface area (Å²) in [5.41, 5.74) is 0.584. The van der Waals surface area contributed by atoms with E-state index in [1.54, 1.807) is 48.5 Å². The third kappa shape index (κ3) is 4.21. The van der Waals surface area contributed by atoms with E-state index >= 15 is 0 Å². The highest BCUT2D eigenvalue weighted by Crippen LogP contribution is 2.39. The summed E-state index contributed by atoms with van der Waals surface area (Å²) in [6.07, 6.45) is 0. The Hall–Kier alpha value is -6.62. The van der Waals surface area contributed by atoms with Crippen molar-refractivity contribution >= 4 is 57.7 Å². The summed E-state index contributed by atoms with van der Waals surface area (Å²) in [7, 11) is 0. The predicted molar refractivity (Wildman–Crippen MR) is 160 cm³/mol. The number of amides is 4. The van der Waals surface area contributed by atoms with Gasteiger partial charge in [0.15, 0.2) is 0 Å². The molecule has 0 spiro atoms. The molecule has 2 heterocycles. The maximum absolute atomic E-state index is 13.3. The first-order valence-electron chi connectivity index (χ1n) is 13.5. The van der Waals surface area contributed by atoms with E-state index in [0.29, 0.717) is 28.0 Å². The first-order valence-corrected chi connectivity index (χ1v) is 13.5. The number of hydrogen-bond acceptors (Lipinski definition) is 7. The van der Waals surface area contributed by atoms with E-state index in [1.807, 2.05) is 0 Å². The van der Waals surface area contributed by atoms with Gasteiger partial charge in [-0.3, -0.25) is 19.2 Å². The minimum absolute atomic E-state index is 0.00443. The fourth-order valence-electron chi connectivity index (χ4n) is 5.54. The third-order valence-electron chi connectivity index (χ3n) is 7.69. The number of anilines is 2. The second kappa shape index (κ2) is 9.99. The molecular weight excluding hydrogens is 580 g/mol. The van der Waals surface area contributed by atoms with Crippen LogP contribution in [0.4, 0.5) is 11.4 Å². The van der Waals surface area contributed by atoms with Crippen molar-refractivity contribution in [2.24, 2.45) is 0 Å². The average molecular weight is 599 g/mol. The molecule has 45 heavy (non-hydrogen) atoms. The Bertz CT molecular complexity index is 2190. The van der Waals surface area contributed by atoms with Crippen molar-refractivity contribution in [2.45, 2.75) is 0 Å². The molecule has 0 saturated heterocycles. The van der Waals surface area contributed by atoms with Crippen LogP contribution in [-0.2, 0) is 0 Å². The molecule has 0 fully saturated rings. The summed E-state index contributed by atoms with van der Waals surface area (Å²) < 4.78 is 6.13. The highest BCUT2D eigenvalue weighted by atomic mass is 16.5. The molecule has 0 radical (unpaired) electrons. The molecule has 0 unspecified atom stereocenters. The lowest BCUT2D eigenvalue weighted by Gasteiger charge is -2.18. The van der Waals surface area contributed by atoms with Gasteiger partial charge < -0.3 is 14.9 Å². The van der Waals surface area contributed by atoms with Crippen molar-refractivity contribution in [1.82, 2.24) is 0 Å². The molecule has 2 aliphatic heterocycles. The molecule has 0 aromatic heterocycles. The van der Waals surface area contributed by atoms with Gasteiger partial charge in [-0.1, -0.05) is 24.3 Å². The number of ether oxygens (including phenoxy) is 1. The Balaban J connectivity index is 1.17. The number of carbonyl (C=O) groups is 6. The smallest absolute Gasteiger partial charge is 0.335 e. The van der Waals surface area contributed by atoms with Gasteiger partial charge in [-0.05, 0) is 72.8 Å². The largest absolute Gasteiger partial charge is 0.478 e. The summed E-state index contributed by atoms with van der Waals surface area (Å²) in [6, 6.07) is 23.9. The predicted octanol–water partition coefficient (Wildman–Crippen LogP) is 5.63. The Labute approximate surface area is 253 Å². The number of nitrogens with zero attached hydrogens (tertiary/aromatic N) is 2. The van der Waals surface area contributed by atoms with Crippen LogP contribution in [0.3, 0.4) is 0 Å². The lowest BCUT2D eigenvalue weighted by Crippen LogP contribution is -2.29. The average Bonchev–Trinajstić information content (AvgIpc) is 3.44. The maximum Gasteiger partial charge on any atom is 0.335 e. The molecule has 5 aromatic rings. The molecule has 7 rings (SSSR count). The zero-order valence-corrected chi connectivity index (χ0v) is 22.9. The van der Waals surface area contributed by atoms with Crippen LogP contribution >= 0.6 is 0 Å². The van der Waals surface area contributed by atoms with Gasteiger partial charge in [0.1, 0.15) is 11.5 Å². The van der Waals surface area contributed by atoms with Crippen molar-refractivity contribution in [1.29, 1.82) is 0 Å². The third-order valence-corrected chi connectivity index (χ3v) is 7.69. The summed E-state index contributed by atoms with van der Waals surface area (Å²) >= 11 is 0. The van der Waals surface area contributed by atoms with Crippen LogP contribution in [0.15, 0.2) is 97.1 Å². The number of carboxylic acids is 2. The molecular formula is C34H18N2O9. The van der Waals surface area contributed by atoms with Gasteiger partial charge in [-0.25, -0.2) is 19.4 Å². The number of aromatic carboxylic acids is 2. The zero-order valence-electron chi connectivity index (χ0n) is 22.9. The molecule has 0 aliphatic carbocycles. The highest BCUT2D eigenvalue weighted by Gasteiger charge is 2.39. The van der Waals surface area contributed by atoms with Crippen LogP contribution in [0.5, 0.6) is 11.5 Å². The number of rotatable bonds is 6. The fourth-order valence-corrected chi connectivity index (χ4v) is 5.54. The fraction of sp³-hybridized carbons (Fsp3) is 0. The van der Waals surface area contributed by atoms with Crippen LogP contribution in [-0.4, -0.2) is 45.8 Å². The number of fused-ring (bicyclic) bond motifs is 3. The molecule has 0 saturated carbocycles. The first kappa shape index (κ1) is 27.2. The van der Waals surface area contributed by atoms with Gasteiger partial charge in [-0.15, -0.1) is 0 Å². The molecule has 11 heteroatoms. The van der Waals surface area contributed by atoms with Gasteiger partial charge in [-0.2, -0.15) is 0 Å². The van der Waals surface area contributed by atoms with Crippen LogP contribution in [0.25, 0.3) is 10.8 Å². The van der Waals surface area contributed by atoms with Crippen LogP contribution in [0.1, 0.15) is 62.1 Å². The van der Waals surface area contributed by atoms with E-state index in [0.717, 1.165) is 9.80 Å². The molecule has 5 aromatic carbocycles. The number of hydrogen-bond donors (Lipinski definition) is 2. The molecule has 2 aliphatic rings. The number of carbonyl (C=O) groups excluding carboxylic acids is 4. The topological polar surface area (TPSA) is 159 Å². The quantitative estimate of drug-likeness (QED) is 0.236. The SMILES string of the molecule is O=C(O)c1ccc2c(c1)C(=O)N(c1ccc(Oc3cccc4c(N5C(=O)c6ccc(C(=O)O)cc6C5=O)cccc34)cc1)C2=O. The number of benzene rings is 5. The number of imide groups is 2. The Morgan fingerprint density at radius 3 is 1.64 bits per heavy atom. The van der Waals surface area contributed by atoms with Crippen molar-refractivity contribution in [3.8, 4) is 11.5 Å². The highest BCUT2D eigenvalue weighted by molar-refractivity contribution is 6.36. The van der Waals surface area contributed by atoms with Crippen molar-refractivity contribution in [2.75, 3.05) is 9.80 Å². The summed E-state index contributed by atoms with van der Waals surface area (Å²) in [6.45, 7) is 0. The molecule has 0 atom stereocenters. The minimum Gasteiger partial charge on any atom is -0.478 e. The van der Waals surface area contributed by atoms with E-state index < -0.39 is 35.6 Å². The van der Waals surface area contributed by atoms with E-state index in [1.165, 1.54) is 48.5 Å². The molecule has 4 amide bonds. The van der Waals surface area contributed by atoms with Gasteiger partial charge in [0.05, 0.1) is 44.8 Å². The van der Waals surface area contributed by atoms with Gasteiger partial charge >= 0.3 is 11.9 Å². The van der Waals surface area contributed by atoms with Crippen molar-refractivity contribution < 1.29 is 43.7 Å². The summed E-state index contributed by atoms with van der Waals surface area (Å²) in [5, 5.41) is 19.7. The van der Waals surface area contributed by atoms with E-state index in [-0.39, 0.29) is 39.1 Å². The summed E-state index contributed by atoms with van der Waals surface area (Å²) in [5.74, 6) is -4.09. The van der Waals surface area contributed by atoms with E-state index in [9.17, 15) is 39.0 Å². The minimum atomic E-state index is -1.21. The lowest BCUT2D eigenvalue weighted by molar-refractivity contribution is 0.0686. The number of carboxylic acid groups (broad SMARTS) is 2. The standard InChI is InChI=1S/C34H18N2O9/c37-29-23-13-7-17(33(41)42)15-25(23)31(39)35(29)19-9-11-20(12-10-19)45-28-6-2-3-21-22(28)4-1-5-27(21)36-30(38)24-14-8-18(34(43)44)16-26(24)32(36)40/h1-16H,(H,41,42)(H,43,44). The molecule has 218 valence electrons. The van der Waals surface area contributed by atoms with Crippen LogP contribution in [0, 0.1) is 0 Å². The van der Waals surface area contributed by atoms with Crippen LogP contribution < -0.4 is 14.5 Å². The monoisotopic (exact) mass is 598 g/mol. The first-order chi connectivity index (χ1) is 21.6. The molecule has 0 bridgehead atoms. The Kier molecular flexibility index (Phi) is 6.04. The van der Waals surface area contributed by atoms with Gasteiger partial charge in [0, 0.05) is 10.8 Å². The molecule has 2 N–H and O–H groups in total. The molecule has 11 nitrogen and oxygen atoms in total. The second-order valence-corrected chi connectivity index (χ2v) is 10.2. The van der Waals surface area contributed by atoms with Crippen LogP contribution in [0.2, 0.25) is 0 Å². The second-order valence-electron chi connectivity index (χ2n) is 10.2. The van der Waals surface area contributed by atoms with Gasteiger partial charge in [0.2, 0.25) is 0 Å². The lowest BCUT2D eigenvalue weighted by atomic mass is 10.1. The Morgan fingerprint density at radius 1 is 0.533 bits per heavy atom. The van der Waals surface area contributed by atoms with Crippen molar-refractivity contribution in [3.63, 3.8) is 0 Å². The van der Waals surface area contributed by atoms with E-state index in [4.69, 9.17) is 4.74 Å². The van der Waals surface area contributed by atoms with Gasteiger partial charge in [0.25, 0.3) is 23.6 Å². The Morgan fingerprint density at radius 2 is 1.04 bits per heavy atom. The van der Waals surface area contributed by atoms with E-state index in [2.05, 4.69) is 0 Å². The van der Waals surface area contributed by atoms with Crippen molar-refractivity contribution in [3.05, 3.63) is 130 Å². The summed E-state index contributed by atoms with van der Waals surface area (Å²) in [4.78, 5) is 77.3. The normalized spacial score (nSPS) is 13.8. The maximum atomic E-state index is 13.3.